The molecule has 0 radical (unpaired) electrons. The van der Waals surface area contributed by atoms with Crippen LogP contribution in [0.1, 0.15) is 0 Å². The quantitative estimate of drug-likeness (QED) is 0.728. The maximum absolute atomic E-state index is 11.1. The largest absolute Gasteiger partial charge is 0.494 e. The minimum atomic E-state index is -3.39. The zero-order valence-electron chi connectivity index (χ0n) is 10.5. The van der Waals surface area contributed by atoms with Gasteiger partial charge in [0, 0.05) is 11.8 Å². The Labute approximate surface area is 118 Å². The number of amides is 1. The second-order valence-corrected chi connectivity index (χ2v) is 5.29. The van der Waals surface area contributed by atoms with Gasteiger partial charge in [0.15, 0.2) is 0 Å². The molecule has 19 heavy (non-hydrogen) atoms. The van der Waals surface area contributed by atoms with E-state index >= 15 is 0 Å². The minimum Gasteiger partial charge on any atom is -0.494 e. The summed E-state index contributed by atoms with van der Waals surface area (Å²) in [5, 5.41) is 2.54. The van der Waals surface area contributed by atoms with Gasteiger partial charge >= 0.3 is 0 Å². The van der Waals surface area contributed by atoms with Gasteiger partial charge in [0.05, 0.1) is 25.6 Å². The number of ether oxygens (including phenoxy) is 1. The molecule has 0 bridgehead atoms. The Morgan fingerprint density at radius 2 is 2.05 bits per heavy atom. The zero-order chi connectivity index (χ0) is 13.8. The Hall–Kier alpha value is -1.51. The Balaban J connectivity index is 0.00000324. The lowest BCUT2D eigenvalue weighted by molar-refractivity contribution is -0.114. The number of carbonyl (C=O) groups excluding carboxylic acids is 1. The van der Waals surface area contributed by atoms with Crippen LogP contribution >= 0.6 is 12.4 Å². The van der Waals surface area contributed by atoms with E-state index in [1.165, 1.54) is 19.2 Å². The molecule has 108 valence electrons. The zero-order valence-corrected chi connectivity index (χ0v) is 12.1. The average molecular weight is 310 g/mol. The van der Waals surface area contributed by atoms with E-state index in [0.29, 0.717) is 17.1 Å². The predicted octanol–water partition coefficient (Wildman–Crippen LogP) is 0.386. The lowest BCUT2D eigenvalue weighted by atomic mass is 10.2. The van der Waals surface area contributed by atoms with Gasteiger partial charge in [-0.1, -0.05) is 0 Å². The monoisotopic (exact) mass is 309 g/mol. The Kier molecular flexibility index (Phi) is 6.60. The fourth-order valence-corrected chi connectivity index (χ4v) is 1.83. The second kappa shape index (κ2) is 7.17. The number of nitrogens with one attached hydrogen (secondary N) is 2. The van der Waals surface area contributed by atoms with Crippen molar-refractivity contribution in [1.82, 2.24) is 0 Å². The summed E-state index contributed by atoms with van der Waals surface area (Å²) >= 11 is 0. The van der Waals surface area contributed by atoms with E-state index in [4.69, 9.17) is 10.5 Å². The molecule has 0 atom stereocenters. The first-order chi connectivity index (χ1) is 8.35. The van der Waals surface area contributed by atoms with Crippen LogP contribution < -0.4 is 20.5 Å². The molecule has 0 unspecified atom stereocenters. The van der Waals surface area contributed by atoms with Crippen LogP contribution in [0.15, 0.2) is 18.2 Å². The van der Waals surface area contributed by atoms with Gasteiger partial charge < -0.3 is 15.8 Å². The van der Waals surface area contributed by atoms with E-state index in [-0.39, 0.29) is 24.9 Å². The van der Waals surface area contributed by atoms with Crippen LogP contribution in [-0.2, 0) is 14.8 Å². The number of hydrogen-bond acceptors (Lipinski definition) is 5. The third kappa shape index (κ3) is 5.77. The van der Waals surface area contributed by atoms with Crippen molar-refractivity contribution in [3.05, 3.63) is 18.2 Å². The van der Waals surface area contributed by atoms with E-state index < -0.39 is 10.0 Å². The summed E-state index contributed by atoms with van der Waals surface area (Å²) in [7, 11) is -1.99. The summed E-state index contributed by atoms with van der Waals surface area (Å²) in [5.74, 6) is -0.0453. The number of methoxy groups -OCH3 is 1. The number of carbonyl (C=O) groups is 1. The van der Waals surface area contributed by atoms with E-state index in [9.17, 15) is 13.2 Å². The average Bonchev–Trinajstić information content (AvgIpc) is 2.29. The molecule has 0 heterocycles. The van der Waals surface area contributed by atoms with E-state index in [1.54, 1.807) is 6.07 Å². The highest BCUT2D eigenvalue weighted by Crippen LogP contribution is 2.28. The summed E-state index contributed by atoms with van der Waals surface area (Å²) in [6.45, 7) is -0.133. The molecule has 0 saturated heterocycles. The van der Waals surface area contributed by atoms with Gasteiger partial charge in [-0.25, -0.2) is 8.42 Å². The maximum atomic E-state index is 11.1. The molecule has 1 amide bonds. The molecule has 7 nitrogen and oxygen atoms in total. The standard InChI is InChI=1S/C10H15N3O4S.ClH/c1-17-9-5-7(12-10(14)6-11)3-4-8(9)13-18(2,15)16;/h3-5,13H,6,11H2,1-2H3,(H,12,14);1H. The number of sulfonamides is 1. The fourth-order valence-electron chi connectivity index (χ4n) is 1.27. The van der Waals surface area contributed by atoms with Gasteiger partial charge in [-0.2, -0.15) is 0 Å². The summed E-state index contributed by atoms with van der Waals surface area (Å²) in [6, 6.07) is 4.54. The summed E-state index contributed by atoms with van der Waals surface area (Å²) in [5.41, 5.74) is 5.94. The Morgan fingerprint density at radius 1 is 1.42 bits per heavy atom. The first-order valence-electron chi connectivity index (χ1n) is 5.01. The van der Waals surface area contributed by atoms with E-state index in [0.717, 1.165) is 6.26 Å². The maximum Gasteiger partial charge on any atom is 0.238 e. The molecule has 1 aromatic rings. The molecule has 0 fully saturated rings. The smallest absolute Gasteiger partial charge is 0.238 e. The van der Waals surface area contributed by atoms with Crippen LogP contribution in [0.4, 0.5) is 11.4 Å². The molecule has 1 rings (SSSR count). The topological polar surface area (TPSA) is 111 Å². The van der Waals surface area contributed by atoms with Gasteiger partial charge in [-0.15, -0.1) is 12.4 Å². The Morgan fingerprint density at radius 3 is 2.53 bits per heavy atom. The summed E-state index contributed by atoms with van der Waals surface area (Å²) < 4.78 is 29.6. The molecule has 4 N–H and O–H groups in total. The molecule has 0 spiro atoms. The van der Waals surface area contributed by atoms with Gasteiger partial charge in [0.25, 0.3) is 0 Å². The Bertz CT molecular complexity index is 548. The molecular formula is C10H16ClN3O4S. The minimum absolute atomic E-state index is 0. The molecule has 0 aromatic heterocycles. The molecule has 9 heteroatoms. The van der Waals surface area contributed by atoms with Crippen molar-refractivity contribution in [2.24, 2.45) is 5.73 Å². The van der Waals surface area contributed by atoms with Crippen molar-refractivity contribution in [2.75, 3.05) is 29.9 Å². The number of anilines is 2. The van der Waals surface area contributed by atoms with Gasteiger partial charge in [0.2, 0.25) is 15.9 Å². The highest BCUT2D eigenvalue weighted by molar-refractivity contribution is 7.92. The molecule has 0 saturated carbocycles. The van der Waals surface area contributed by atoms with Gasteiger partial charge in [0.1, 0.15) is 5.75 Å². The third-order valence-corrected chi connectivity index (χ3v) is 2.56. The molecule has 0 aliphatic rings. The molecular weight excluding hydrogens is 294 g/mol. The van der Waals surface area contributed by atoms with Crippen LogP contribution in [-0.4, -0.2) is 34.2 Å². The van der Waals surface area contributed by atoms with Gasteiger partial charge in [-0.05, 0) is 12.1 Å². The summed E-state index contributed by atoms with van der Waals surface area (Å²) in [4.78, 5) is 11.1. The third-order valence-electron chi connectivity index (χ3n) is 1.97. The first-order valence-corrected chi connectivity index (χ1v) is 6.90. The van der Waals surface area contributed by atoms with Crippen molar-refractivity contribution in [1.29, 1.82) is 0 Å². The van der Waals surface area contributed by atoms with Crippen LogP contribution in [0.3, 0.4) is 0 Å². The number of halogens is 1. The van der Waals surface area contributed by atoms with E-state index in [1.807, 2.05) is 0 Å². The molecule has 1 aromatic carbocycles. The fraction of sp³-hybridized carbons (Fsp3) is 0.300. The van der Waals surface area contributed by atoms with Crippen molar-refractivity contribution in [2.45, 2.75) is 0 Å². The summed E-state index contributed by atoms with van der Waals surface area (Å²) in [6.07, 6.45) is 1.04. The first kappa shape index (κ1) is 17.5. The number of rotatable bonds is 5. The van der Waals surface area contributed by atoms with E-state index in [2.05, 4.69) is 10.0 Å². The van der Waals surface area contributed by atoms with Crippen molar-refractivity contribution >= 4 is 39.7 Å². The molecule has 0 aliphatic heterocycles. The lowest BCUT2D eigenvalue weighted by Gasteiger charge is -2.11. The SMILES string of the molecule is COc1cc(NC(=O)CN)ccc1NS(C)(=O)=O.Cl. The van der Waals surface area contributed by atoms with Crippen molar-refractivity contribution in [3.63, 3.8) is 0 Å². The van der Waals surface area contributed by atoms with Crippen molar-refractivity contribution < 1.29 is 17.9 Å². The second-order valence-electron chi connectivity index (χ2n) is 3.54. The van der Waals surface area contributed by atoms with Crippen LogP contribution in [0.5, 0.6) is 5.75 Å². The van der Waals surface area contributed by atoms with Crippen molar-refractivity contribution in [3.8, 4) is 5.75 Å². The van der Waals surface area contributed by atoms with Crippen LogP contribution in [0.25, 0.3) is 0 Å². The van der Waals surface area contributed by atoms with Crippen LogP contribution in [0.2, 0.25) is 0 Å². The number of nitrogens with two attached hydrogens (primary N) is 1. The predicted molar refractivity (Wildman–Crippen MR) is 76.4 cm³/mol. The number of hydrogen-bond donors (Lipinski definition) is 3. The highest BCUT2D eigenvalue weighted by atomic mass is 35.5. The highest BCUT2D eigenvalue weighted by Gasteiger charge is 2.09. The van der Waals surface area contributed by atoms with Crippen LogP contribution in [0, 0.1) is 0 Å². The lowest BCUT2D eigenvalue weighted by Crippen LogP contribution is -2.21. The molecule has 0 aliphatic carbocycles. The normalized spacial score (nSPS) is 10.3. The number of benzene rings is 1. The van der Waals surface area contributed by atoms with Gasteiger partial charge in [-0.3, -0.25) is 9.52 Å².